The number of amides is 2. The minimum Gasteiger partial charge on any atom is -0.490 e. The Morgan fingerprint density at radius 1 is 1.28 bits per heavy atom. The second-order valence-electron chi connectivity index (χ2n) is 6.39. The van der Waals surface area contributed by atoms with E-state index in [9.17, 15) is 14.4 Å². The summed E-state index contributed by atoms with van der Waals surface area (Å²) in [6.07, 6.45) is 3.23. The van der Waals surface area contributed by atoms with Crippen molar-refractivity contribution in [3.63, 3.8) is 0 Å². The summed E-state index contributed by atoms with van der Waals surface area (Å²) in [5.74, 6) is 0.214. The van der Waals surface area contributed by atoms with Crippen molar-refractivity contribution >= 4 is 50.9 Å². The number of furan rings is 1. The van der Waals surface area contributed by atoms with E-state index in [1.54, 1.807) is 24.3 Å². The monoisotopic (exact) mass is 521 g/mol. The molecule has 32 heavy (non-hydrogen) atoms. The summed E-state index contributed by atoms with van der Waals surface area (Å²) in [7, 11) is 1.24. The van der Waals surface area contributed by atoms with Crippen molar-refractivity contribution in [2.24, 2.45) is 0 Å². The first-order chi connectivity index (χ1) is 15.4. The Labute approximate surface area is 197 Å². The van der Waals surface area contributed by atoms with Gasteiger partial charge in [0.2, 0.25) is 5.76 Å². The maximum atomic E-state index is 12.8. The zero-order valence-electron chi connectivity index (χ0n) is 17.4. The van der Waals surface area contributed by atoms with Crippen molar-refractivity contribution < 1.29 is 33.0 Å². The number of thioether (sulfide) groups is 1. The van der Waals surface area contributed by atoms with Gasteiger partial charge in [0, 0.05) is 0 Å². The molecule has 1 saturated heterocycles. The molecular formula is C22H20BrNO7S. The van der Waals surface area contributed by atoms with E-state index in [1.807, 2.05) is 6.92 Å². The van der Waals surface area contributed by atoms with E-state index in [4.69, 9.17) is 13.9 Å². The van der Waals surface area contributed by atoms with Crippen LogP contribution in [0.4, 0.5) is 4.79 Å². The molecule has 0 N–H and O–H groups in total. The molecule has 1 aromatic heterocycles. The Bertz CT molecular complexity index is 1090. The zero-order chi connectivity index (χ0) is 23.3. The number of carbonyl (C=O) groups is 3. The summed E-state index contributed by atoms with van der Waals surface area (Å²) in [6.45, 7) is 6.12. The molecule has 1 aromatic carbocycles. The van der Waals surface area contributed by atoms with Crippen molar-refractivity contribution in [3.8, 4) is 11.5 Å². The zero-order valence-corrected chi connectivity index (χ0v) is 19.8. The van der Waals surface area contributed by atoms with Crippen LogP contribution in [0.5, 0.6) is 11.5 Å². The molecule has 0 spiro atoms. The standard InChI is InChI=1S/C22H20BrNO7S/c1-4-8-30-19-15(23)9-13(10-17(19)29-5-2)11-18-20(25)24(22(27)32-18)12-14-6-7-16(31-14)21(26)28-3/h4,6-7,9-11H,1,5,8,12H2,2-3H3/b18-11+. The fourth-order valence-electron chi connectivity index (χ4n) is 2.83. The van der Waals surface area contributed by atoms with Gasteiger partial charge >= 0.3 is 5.97 Å². The van der Waals surface area contributed by atoms with E-state index in [-0.39, 0.29) is 17.2 Å². The Morgan fingerprint density at radius 3 is 2.75 bits per heavy atom. The molecule has 0 aliphatic carbocycles. The Hall–Kier alpha value is -2.98. The average molecular weight is 522 g/mol. The Kier molecular flexibility index (Phi) is 7.81. The lowest BCUT2D eigenvalue weighted by Crippen LogP contribution is -2.27. The van der Waals surface area contributed by atoms with Crippen LogP contribution in [0, 0.1) is 0 Å². The number of imide groups is 1. The van der Waals surface area contributed by atoms with Gasteiger partial charge in [-0.2, -0.15) is 0 Å². The van der Waals surface area contributed by atoms with Crippen LogP contribution in [0.15, 0.2) is 50.7 Å². The lowest BCUT2D eigenvalue weighted by atomic mass is 10.2. The van der Waals surface area contributed by atoms with Gasteiger partial charge in [0.1, 0.15) is 12.4 Å². The highest BCUT2D eigenvalue weighted by atomic mass is 79.9. The van der Waals surface area contributed by atoms with Crippen LogP contribution in [-0.2, 0) is 16.1 Å². The summed E-state index contributed by atoms with van der Waals surface area (Å²) >= 11 is 4.28. The SMILES string of the molecule is C=CCOc1c(Br)cc(/C=C2/SC(=O)N(Cc3ccc(C(=O)OC)o3)C2=O)cc1OCC. The molecule has 3 rings (SSSR count). The number of hydrogen-bond donors (Lipinski definition) is 0. The predicted molar refractivity (Wildman–Crippen MR) is 123 cm³/mol. The molecule has 0 radical (unpaired) electrons. The number of ether oxygens (including phenoxy) is 3. The highest BCUT2D eigenvalue weighted by Gasteiger charge is 2.36. The van der Waals surface area contributed by atoms with E-state index in [1.165, 1.54) is 19.2 Å². The van der Waals surface area contributed by atoms with Crippen LogP contribution < -0.4 is 9.47 Å². The van der Waals surface area contributed by atoms with Crippen LogP contribution in [0.25, 0.3) is 6.08 Å². The smallest absolute Gasteiger partial charge is 0.373 e. The van der Waals surface area contributed by atoms with Gasteiger partial charge in [-0.1, -0.05) is 12.7 Å². The van der Waals surface area contributed by atoms with E-state index >= 15 is 0 Å². The molecule has 168 valence electrons. The van der Waals surface area contributed by atoms with Crippen molar-refractivity contribution in [2.45, 2.75) is 13.5 Å². The van der Waals surface area contributed by atoms with Gasteiger partial charge in [0.05, 0.1) is 29.6 Å². The highest BCUT2D eigenvalue weighted by molar-refractivity contribution is 9.10. The highest BCUT2D eigenvalue weighted by Crippen LogP contribution is 2.39. The van der Waals surface area contributed by atoms with Crippen LogP contribution in [0.3, 0.4) is 0 Å². The third-order valence-corrected chi connectivity index (χ3v) is 5.71. The second kappa shape index (κ2) is 10.6. The minimum atomic E-state index is -0.638. The summed E-state index contributed by atoms with van der Waals surface area (Å²) in [6, 6.07) is 6.45. The first kappa shape index (κ1) is 23.7. The largest absolute Gasteiger partial charge is 0.490 e. The summed E-state index contributed by atoms with van der Waals surface area (Å²) < 4.78 is 21.9. The minimum absolute atomic E-state index is 0.00270. The summed E-state index contributed by atoms with van der Waals surface area (Å²) in [5.41, 5.74) is 0.655. The molecule has 1 aliphatic rings. The third kappa shape index (κ3) is 5.25. The van der Waals surface area contributed by atoms with Crippen LogP contribution in [0.1, 0.15) is 28.8 Å². The van der Waals surface area contributed by atoms with E-state index < -0.39 is 17.1 Å². The van der Waals surface area contributed by atoms with E-state index in [2.05, 4.69) is 27.2 Å². The van der Waals surface area contributed by atoms with Crippen LogP contribution >= 0.6 is 27.7 Å². The van der Waals surface area contributed by atoms with Gasteiger partial charge in [-0.05, 0) is 70.5 Å². The molecule has 10 heteroatoms. The third-order valence-electron chi connectivity index (χ3n) is 4.21. The Balaban J connectivity index is 1.82. The first-order valence-corrected chi connectivity index (χ1v) is 11.1. The van der Waals surface area contributed by atoms with Gasteiger partial charge in [0.15, 0.2) is 11.5 Å². The number of methoxy groups -OCH3 is 1. The summed E-state index contributed by atoms with van der Waals surface area (Å²) in [4.78, 5) is 38.1. The maximum absolute atomic E-state index is 12.8. The summed E-state index contributed by atoms with van der Waals surface area (Å²) in [5, 5.41) is -0.438. The molecule has 2 amide bonds. The topological polar surface area (TPSA) is 95.3 Å². The average Bonchev–Trinajstić information content (AvgIpc) is 3.33. The van der Waals surface area contributed by atoms with Gasteiger partial charge in [0.25, 0.3) is 11.1 Å². The van der Waals surface area contributed by atoms with Crippen molar-refractivity contribution in [1.29, 1.82) is 0 Å². The quantitative estimate of drug-likeness (QED) is 0.257. The van der Waals surface area contributed by atoms with Gasteiger partial charge < -0.3 is 18.6 Å². The number of carbonyl (C=O) groups excluding carboxylic acids is 3. The predicted octanol–water partition coefficient (Wildman–Crippen LogP) is 5.03. The number of nitrogens with zero attached hydrogens (tertiary/aromatic N) is 1. The molecule has 8 nitrogen and oxygen atoms in total. The molecule has 0 saturated carbocycles. The number of esters is 1. The number of halogens is 1. The number of hydrogen-bond acceptors (Lipinski definition) is 8. The number of benzene rings is 1. The second-order valence-corrected chi connectivity index (χ2v) is 8.24. The normalized spacial score (nSPS) is 14.7. The molecule has 2 aromatic rings. The van der Waals surface area contributed by atoms with Gasteiger partial charge in [-0.15, -0.1) is 0 Å². The van der Waals surface area contributed by atoms with Crippen LogP contribution in [-0.4, -0.2) is 42.3 Å². The maximum Gasteiger partial charge on any atom is 0.373 e. The van der Waals surface area contributed by atoms with Crippen molar-refractivity contribution in [1.82, 2.24) is 4.90 Å². The fraction of sp³-hybridized carbons (Fsp3) is 0.227. The fourth-order valence-corrected chi connectivity index (χ4v) is 4.25. The van der Waals surface area contributed by atoms with Crippen molar-refractivity contribution in [3.05, 3.63) is 63.4 Å². The van der Waals surface area contributed by atoms with Gasteiger partial charge in [-0.3, -0.25) is 14.5 Å². The Morgan fingerprint density at radius 2 is 2.06 bits per heavy atom. The van der Waals surface area contributed by atoms with E-state index in [0.29, 0.717) is 40.5 Å². The molecule has 1 fully saturated rings. The van der Waals surface area contributed by atoms with Crippen LogP contribution in [0.2, 0.25) is 0 Å². The molecule has 0 bridgehead atoms. The first-order valence-electron chi connectivity index (χ1n) is 9.50. The number of rotatable bonds is 9. The molecule has 2 heterocycles. The lowest BCUT2D eigenvalue weighted by Gasteiger charge is -2.14. The van der Waals surface area contributed by atoms with Crippen molar-refractivity contribution in [2.75, 3.05) is 20.3 Å². The van der Waals surface area contributed by atoms with E-state index in [0.717, 1.165) is 16.7 Å². The lowest BCUT2D eigenvalue weighted by molar-refractivity contribution is -0.123. The molecule has 1 aliphatic heterocycles. The molecule has 0 unspecified atom stereocenters. The molecule has 0 atom stereocenters. The molecular weight excluding hydrogens is 502 g/mol. The van der Waals surface area contributed by atoms with Gasteiger partial charge in [-0.25, -0.2) is 4.79 Å².